The molecule has 2 aromatic carbocycles. The van der Waals surface area contributed by atoms with Crippen LogP contribution in [0, 0.1) is 5.82 Å². The van der Waals surface area contributed by atoms with E-state index in [1.165, 1.54) is 24.3 Å². The molecular weight excluding hydrogens is 347 g/mol. The molecule has 4 rings (SSSR count). The van der Waals surface area contributed by atoms with Crippen molar-refractivity contribution in [2.24, 2.45) is 0 Å². The minimum Gasteiger partial charge on any atom is -0.368 e. The summed E-state index contributed by atoms with van der Waals surface area (Å²) in [7, 11) is 0. The normalized spacial score (nSPS) is 12.7. The Bertz CT molecular complexity index is 1050. The van der Waals surface area contributed by atoms with Crippen molar-refractivity contribution in [1.82, 2.24) is 14.9 Å². The number of nitrogens with zero attached hydrogens (tertiary/aromatic N) is 3. The maximum Gasteiger partial charge on any atom is 0.255 e. The monoisotopic (exact) mass is 362 g/mol. The zero-order valence-corrected chi connectivity index (χ0v) is 14.2. The maximum absolute atomic E-state index is 13.1. The number of halogens is 1. The Hall–Kier alpha value is -3.61. The van der Waals surface area contributed by atoms with E-state index in [2.05, 4.69) is 9.97 Å². The number of fused-ring (bicyclic) bond motifs is 1. The molecule has 0 radical (unpaired) electrons. The Morgan fingerprint density at radius 3 is 2.44 bits per heavy atom. The lowest BCUT2D eigenvalue weighted by molar-refractivity contribution is 0.0746. The molecule has 0 bridgehead atoms. The van der Waals surface area contributed by atoms with Crippen LogP contribution in [-0.4, -0.2) is 26.6 Å². The zero-order chi connectivity index (χ0) is 19.0. The van der Waals surface area contributed by atoms with Crippen LogP contribution in [0.3, 0.4) is 0 Å². The van der Waals surface area contributed by atoms with Crippen LogP contribution >= 0.6 is 0 Å². The second-order valence-corrected chi connectivity index (χ2v) is 6.24. The molecule has 134 valence electrons. The van der Waals surface area contributed by atoms with Crippen LogP contribution in [0.2, 0.25) is 0 Å². The van der Waals surface area contributed by atoms with Crippen molar-refractivity contribution in [1.29, 1.82) is 0 Å². The molecule has 7 heteroatoms. The lowest BCUT2D eigenvalue weighted by Gasteiger charge is -2.17. The molecule has 0 saturated heterocycles. The van der Waals surface area contributed by atoms with E-state index >= 15 is 0 Å². The molecule has 27 heavy (non-hydrogen) atoms. The molecule has 0 unspecified atom stereocenters. The molecule has 0 atom stereocenters. The van der Waals surface area contributed by atoms with Gasteiger partial charge in [-0.25, -0.2) is 14.4 Å². The fourth-order valence-corrected chi connectivity index (χ4v) is 3.11. The standard InChI is InChI=1S/C20H15FN4O2/c21-14-7-5-12(6-8-14)18(26)15-3-1-2-4-16(15)19(27)25-10-13-9-23-20(22)24-17(13)11-25/h1-9H,10-11H2,(H2,22,23,24). The third kappa shape index (κ3) is 3.15. The van der Waals surface area contributed by atoms with Crippen LogP contribution < -0.4 is 5.73 Å². The molecule has 1 aliphatic heterocycles. The second kappa shape index (κ2) is 6.60. The number of carbonyl (C=O) groups is 2. The van der Waals surface area contributed by atoms with Crippen molar-refractivity contribution in [2.45, 2.75) is 13.1 Å². The number of benzene rings is 2. The summed E-state index contributed by atoms with van der Waals surface area (Å²) in [5.41, 5.74) is 8.03. The van der Waals surface area contributed by atoms with Gasteiger partial charge in [0.25, 0.3) is 5.91 Å². The topological polar surface area (TPSA) is 89.2 Å². The smallest absolute Gasteiger partial charge is 0.255 e. The SMILES string of the molecule is Nc1ncc2c(n1)CN(C(=O)c1ccccc1C(=O)c1ccc(F)cc1)C2. The number of hydrogen-bond acceptors (Lipinski definition) is 5. The summed E-state index contributed by atoms with van der Waals surface area (Å²) in [5, 5.41) is 0. The molecule has 6 nitrogen and oxygen atoms in total. The predicted molar refractivity (Wildman–Crippen MR) is 96.3 cm³/mol. The van der Waals surface area contributed by atoms with Gasteiger partial charge in [0.2, 0.25) is 5.95 Å². The largest absolute Gasteiger partial charge is 0.368 e. The molecule has 1 aliphatic rings. The van der Waals surface area contributed by atoms with Crippen molar-refractivity contribution < 1.29 is 14.0 Å². The lowest BCUT2D eigenvalue weighted by atomic mass is 9.97. The van der Waals surface area contributed by atoms with E-state index < -0.39 is 5.82 Å². The highest BCUT2D eigenvalue weighted by molar-refractivity contribution is 6.15. The van der Waals surface area contributed by atoms with E-state index in [0.717, 1.165) is 5.56 Å². The van der Waals surface area contributed by atoms with Crippen LogP contribution in [0.5, 0.6) is 0 Å². The van der Waals surface area contributed by atoms with Gasteiger partial charge in [-0.15, -0.1) is 0 Å². The molecular formula is C20H15FN4O2. The number of aromatic nitrogens is 2. The number of anilines is 1. The molecule has 0 fully saturated rings. The molecule has 0 saturated carbocycles. The summed E-state index contributed by atoms with van der Waals surface area (Å²) in [5.74, 6) is -0.876. The van der Waals surface area contributed by atoms with Gasteiger partial charge in [-0.3, -0.25) is 9.59 Å². The summed E-state index contributed by atoms with van der Waals surface area (Å²) >= 11 is 0. The summed E-state index contributed by atoms with van der Waals surface area (Å²) in [6, 6.07) is 11.9. The highest BCUT2D eigenvalue weighted by atomic mass is 19.1. The third-order valence-electron chi connectivity index (χ3n) is 4.47. The third-order valence-corrected chi connectivity index (χ3v) is 4.47. The molecule has 2 N–H and O–H groups in total. The highest BCUT2D eigenvalue weighted by Crippen LogP contribution is 2.24. The zero-order valence-electron chi connectivity index (χ0n) is 14.2. The first-order chi connectivity index (χ1) is 13.0. The van der Waals surface area contributed by atoms with Gasteiger partial charge < -0.3 is 10.6 Å². The van der Waals surface area contributed by atoms with E-state index in [4.69, 9.17) is 5.73 Å². The number of hydrogen-bond donors (Lipinski definition) is 1. The fraction of sp³-hybridized carbons (Fsp3) is 0.100. The Morgan fingerprint density at radius 2 is 1.70 bits per heavy atom. The predicted octanol–water partition coefficient (Wildman–Crippen LogP) is 2.58. The van der Waals surface area contributed by atoms with Gasteiger partial charge in [0.15, 0.2) is 5.78 Å². The fourth-order valence-electron chi connectivity index (χ4n) is 3.11. The molecule has 2 heterocycles. The van der Waals surface area contributed by atoms with Crippen molar-refractivity contribution in [3.63, 3.8) is 0 Å². The maximum atomic E-state index is 13.1. The van der Waals surface area contributed by atoms with Gasteiger partial charge in [-0.05, 0) is 30.3 Å². The van der Waals surface area contributed by atoms with E-state index in [1.54, 1.807) is 35.4 Å². The lowest BCUT2D eigenvalue weighted by Crippen LogP contribution is -2.27. The average molecular weight is 362 g/mol. The first kappa shape index (κ1) is 16.8. The summed E-state index contributed by atoms with van der Waals surface area (Å²) in [6.45, 7) is 0.660. The summed E-state index contributed by atoms with van der Waals surface area (Å²) < 4.78 is 13.1. The van der Waals surface area contributed by atoms with Crippen LogP contribution in [0.15, 0.2) is 54.7 Å². The second-order valence-electron chi connectivity index (χ2n) is 6.24. The molecule has 0 spiro atoms. The van der Waals surface area contributed by atoms with E-state index in [0.29, 0.717) is 29.9 Å². The van der Waals surface area contributed by atoms with Gasteiger partial charge in [0.05, 0.1) is 17.8 Å². The molecule has 1 aromatic heterocycles. The van der Waals surface area contributed by atoms with Crippen LogP contribution in [-0.2, 0) is 13.1 Å². The van der Waals surface area contributed by atoms with E-state index in [9.17, 15) is 14.0 Å². The Labute approximate surface area is 154 Å². The van der Waals surface area contributed by atoms with E-state index in [1.807, 2.05) is 0 Å². The number of nitrogen functional groups attached to an aromatic ring is 1. The quantitative estimate of drug-likeness (QED) is 0.724. The van der Waals surface area contributed by atoms with Crippen LogP contribution in [0.4, 0.5) is 10.3 Å². The molecule has 0 aliphatic carbocycles. The van der Waals surface area contributed by atoms with Gasteiger partial charge in [-0.2, -0.15) is 0 Å². The average Bonchev–Trinajstić information content (AvgIpc) is 3.10. The molecule has 3 aromatic rings. The molecule has 1 amide bonds. The number of amides is 1. The summed E-state index contributed by atoms with van der Waals surface area (Å²) in [4.78, 5) is 35.6. The highest BCUT2D eigenvalue weighted by Gasteiger charge is 2.28. The number of rotatable bonds is 3. The first-order valence-electron chi connectivity index (χ1n) is 8.32. The van der Waals surface area contributed by atoms with Crippen molar-refractivity contribution in [3.05, 3.63) is 88.5 Å². The van der Waals surface area contributed by atoms with E-state index in [-0.39, 0.29) is 23.2 Å². The van der Waals surface area contributed by atoms with Crippen LogP contribution in [0.25, 0.3) is 0 Å². The number of ketones is 1. The summed E-state index contributed by atoms with van der Waals surface area (Å²) in [6.07, 6.45) is 1.61. The minimum absolute atomic E-state index is 0.162. The van der Waals surface area contributed by atoms with Gasteiger partial charge in [-0.1, -0.05) is 18.2 Å². The van der Waals surface area contributed by atoms with Crippen molar-refractivity contribution in [2.75, 3.05) is 5.73 Å². The van der Waals surface area contributed by atoms with Gasteiger partial charge >= 0.3 is 0 Å². The Morgan fingerprint density at radius 1 is 1.00 bits per heavy atom. The Kier molecular flexibility index (Phi) is 4.12. The minimum atomic E-state index is -0.425. The van der Waals surface area contributed by atoms with Crippen molar-refractivity contribution >= 4 is 17.6 Å². The number of carbonyl (C=O) groups excluding carboxylic acids is 2. The number of nitrogens with two attached hydrogens (primary N) is 1. The Balaban J connectivity index is 1.64. The van der Waals surface area contributed by atoms with Crippen molar-refractivity contribution in [3.8, 4) is 0 Å². The van der Waals surface area contributed by atoms with Crippen LogP contribution in [0.1, 0.15) is 37.5 Å². The first-order valence-corrected chi connectivity index (χ1v) is 8.32. The van der Waals surface area contributed by atoms with Gasteiger partial charge in [0, 0.05) is 29.4 Å². The van der Waals surface area contributed by atoms with Gasteiger partial charge in [0.1, 0.15) is 5.82 Å².